The average Bonchev–Trinajstić information content (AvgIpc) is 3.11. The number of carbonyl (C=O) groups excluding carboxylic acids is 1. The van der Waals surface area contributed by atoms with E-state index < -0.39 is 5.82 Å². The number of hydrogen-bond donors (Lipinski definition) is 3. The van der Waals surface area contributed by atoms with Crippen molar-refractivity contribution in [1.82, 2.24) is 16.0 Å². The highest BCUT2D eigenvalue weighted by Gasteiger charge is 2.21. The highest BCUT2D eigenvalue weighted by molar-refractivity contribution is 9.10. The van der Waals surface area contributed by atoms with Gasteiger partial charge in [0.05, 0.1) is 22.1 Å². The summed E-state index contributed by atoms with van der Waals surface area (Å²) in [7, 11) is 0. The summed E-state index contributed by atoms with van der Waals surface area (Å²) in [6.45, 7) is 1.87. The molecule has 1 saturated heterocycles. The number of amidine groups is 1. The van der Waals surface area contributed by atoms with Crippen molar-refractivity contribution in [3.8, 4) is 0 Å². The third-order valence-electron chi connectivity index (χ3n) is 4.49. The van der Waals surface area contributed by atoms with E-state index in [2.05, 4.69) is 31.4 Å². The van der Waals surface area contributed by atoms with E-state index in [0.717, 1.165) is 25.9 Å². The fraction of sp³-hybridized carbons (Fsp3) is 0.389. The molecule has 0 aliphatic carbocycles. The van der Waals surface area contributed by atoms with Crippen molar-refractivity contribution in [2.45, 2.75) is 25.7 Å². The molecule has 1 aromatic carbocycles. The maximum atomic E-state index is 13.4. The molecular weight excluding hydrogens is 419 g/mol. The predicted octanol–water partition coefficient (Wildman–Crippen LogP) is 3.13. The van der Waals surface area contributed by atoms with Crippen LogP contribution in [0.1, 0.15) is 30.5 Å². The van der Waals surface area contributed by atoms with Gasteiger partial charge in [-0.2, -0.15) is 0 Å². The van der Waals surface area contributed by atoms with Crippen LogP contribution in [0.25, 0.3) is 0 Å². The van der Waals surface area contributed by atoms with Crippen molar-refractivity contribution in [1.29, 1.82) is 0 Å². The van der Waals surface area contributed by atoms with E-state index in [4.69, 9.17) is 4.52 Å². The summed E-state index contributed by atoms with van der Waals surface area (Å²) < 4.78 is 18.6. The van der Waals surface area contributed by atoms with Crippen LogP contribution in [-0.2, 0) is 11.2 Å². The second-order valence-corrected chi connectivity index (χ2v) is 7.31. The van der Waals surface area contributed by atoms with Crippen molar-refractivity contribution >= 4 is 33.2 Å². The summed E-state index contributed by atoms with van der Waals surface area (Å²) in [5.41, 5.74) is 3.20. The highest BCUT2D eigenvalue weighted by atomic mass is 79.9. The number of benzene rings is 1. The summed E-state index contributed by atoms with van der Waals surface area (Å²) in [6, 6.07) is 4.20. The Kier molecular flexibility index (Phi) is 6.70. The number of nitrogens with one attached hydrogen (secondary N) is 2. The third kappa shape index (κ3) is 5.21. The molecule has 27 heavy (non-hydrogen) atoms. The van der Waals surface area contributed by atoms with Crippen LogP contribution < -0.4 is 10.8 Å². The Bertz CT molecular complexity index is 834. The van der Waals surface area contributed by atoms with Crippen LogP contribution in [0.15, 0.2) is 38.5 Å². The van der Waals surface area contributed by atoms with E-state index in [1.165, 1.54) is 24.5 Å². The van der Waals surface area contributed by atoms with Crippen LogP contribution >= 0.6 is 15.9 Å². The Morgan fingerprint density at radius 2 is 2.22 bits per heavy atom. The van der Waals surface area contributed by atoms with Crippen LogP contribution in [0, 0.1) is 11.7 Å². The summed E-state index contributed by atoms with van der Waals surface area (Å²) in [4.78, 5) is 16.7. The van der Waals surface area contributed by atoms with Crippen LogP contribution in [-0.4, -0.2) is 35.1 Å². The van der Waals surface area contributed by atoms with Crippen LogP contribution in [0.3, 0.4) is 0 Å². The molecule has 0 atom stereocenters. The number of carbonyl (C=O) groups is 1. The molecule has 1 aliphatic heterocycles. The molecule has 2 heterocycles. The Hall–Kier alpha value is -2.10. The molecule has 0 saturated carbocycles. The molecule has 1 aromatic heterocycles. The maximum absolute atomic E-state index is 13.4. The average molecular weight is 439 g/mol. The number of halogens is 2. The number of ketones is 1. The van der Waals surface area contributed by atoms with Crippen molar-refractivity contribution in [2.75, 3.05) is 13.1 Å². The zero-order valence-corrected chi connectivity index (χ0v) is 16.1. The number of nitrogens with zero attached hydrogens (tertiary/aromatic N) is 2. The second kappa shape index (κ2) is 9.20. The first-order chi connectivity index (χ1) is 13.1. The molecule has 0 radical (unpaired) electrons. The number of aliphatic imine (C=N–C) groups is 1. The van der Waals surface area contributed by atoms with E-state index in [9.17, 15) is 14.4 Å². The zero-order valence-electron chi connectivity index (χ0n) is 14.5. The number of rotatable bonds is 6. The Morgan fingerprint density at radius 1 is 1.44 bits per heavy atom. The minimum absolute atomic E-state index is 0.0684. The van der Waals surface area contributed by atoms with Crippen LogP contribution in [0.5, 0.6) is 0 Å². The van der Waals surface area contributed by atoms with Crippen LogP contribution in [0.4, 0.5) is 10.1 Å². The van der Waals surface area contributed by atoms with Gasteiger partial charge in [0.2, 0.25) is 0 Å². The molecule has 1 fully saturated rings. The standard InChI is InChI=1S/C18H20BrFN4O3/c19-15-8-12(1-2-16(15)20)22-18(23-26)14-10-27-24-17(14)9-13(25)7-11-3-5-21-6-4-11/h1-2,8,10-11,21,26H,3-7,9H2,(H,22,23). The lowest BCUT2D eigenvalue weighted by atomic mass is 9.91. The van der Waals surface area contributed by atoms with Crippen LogP contribution in [0.2, 0.25) is 0 Å². The lowest BCUT2D eigenvalue weighted by Gasteiger charge is -2.21. The molecule has 3 rings (SSSR count). The molecule has 9 heteroatoms. The van der Waals surface area contributed by atoms with Gasteiger partial charge in [0.1, 0.15) is 23.6 Å². The van der Waals surface area contributed by atoms with Gasteiger partial charge in [0.25, 0.3) is 0 Å². The number of hydroxylamine groups is 1. The third-order valence-corrected chi connectivity index (χ3v) is 5.10. The van der Waals surface area contributed by atoms with Crippen molar-refractivity contribution in [2.24, 2.45) is 10.9 Å². The highest BCUT2D eigenvalue weighted by Crippen LogP contribution is 2.23. The van der Waals surface area contributed by atoms with Gasteiger partial charge in [-0.1, -0.05) is 5.16 Å². The largest absolute Gasteiger partial charge is 0.364 e. The van der Waals surface area contributed by atoms with E-state index >= 15 is 0 Å². The molecule has 3 N–H and O–H groups in total. The summed E-state index contributed by atoms with van der Waals surface area (Å²) >= 11 is 3.09. The van der Waals surface area contributed by atoms with Gasteiger partial charge in [-0.3, -0.25) is 15.5 Å². The molecule has 0 unspecified atom stereocenters. The van der Waals surface area contributed by atoms with Crippen molar-refractivity contribution < 1.29 is 18.9 Å². The lowest BCUT2D eigenvalue weighted by Crippen LogP contribution is -2.29. The van der Waals surface area contributed by atoms with Gasteiger partial charge in [-0.05, 0) is 66.0 Å². The molecule has 0 amide bonds. The van der Waals surface area contributed by atoms with Gasteiger partial charge in [-0.15, -0.1) is 0 Å². The van der Waals surface area contributed by atoms with Gasteiger partial charge in [0, 0.05) is 6.42 Å². The van der Waals surface area contributed by atoms with Gasteiger partial charge in [-0.25, -0.2) is 9.38 Å². The van der Waals surface area contributed by atoms with Gasteiger partial charge >= 0.3 is 0 Å². The topological polar surface area (TPSA) is 99.8 Å². The van der Waals surface area contributed by atoms with E-state index in [-0.39, 0.29) is 22.5 Å². The monoisotopic (exact) mass is 438 g/mol. The molecule has 1 aliphatic rings. The first-order valence-electron chi connectivity index (χ1n) is 8.66. The number of aromatic nitrogens is 1. The van der Waals surface area contributed by atoms with E-state index in [1.807, 2.05) is 5.48 Å². The van der Waals surface area contributed by atoms with E-state index in [1.54, 1.807) is 0 Å². The number of Topliss-reactive ketones (excluding diaryl/α,β-unsaturated/α-hetero) is 1. The molecule has 0 bridgehead atoms. The van der Waals surface area contributed by atoms with Gasteiger partial charge in [0.15, 0.2) is 5.84 Å². The summed E-state index contributed by atoms with van der Waals surface area (Å²) in [6.07, 6.45) is 3.89. The first-order valence-corrected chi connectivity index (χ1v) is 9.46. The minimum Gasteiger partial charge on any atom is -0.364 e. The molecule has 2 aromatic rings. The lowest BCUT2D eigenvalue weighted by molar-refractivity contribution is -0.119. The number of piperidine rings is 1. The summed E-state index contributed by atoms with van der Waals surface area (Å²) in [5, 5.41) is 16.6. The fourth-order valence-electron chi connectivity index (χ4n) is 3.08. The smallest absolute Gasteiger partial charge is 0.162 e. The molecule has 0 spiro atoms. The van der Waals surface area contributed by atoms with E-state index in [0.29, 0.717) is 29.3 Å². The molecule has 144 valence electrons. The normalized spacial score (nSPS) is 15.7. The first kappa shape index (κ1) is 19.7. The van der Waals surface area contributed by atoms with Gasteiger partial charge < -0.3 is 9.84 Å². The second-order valence-electron chi connectivity index (χ2n) is 6.46. The maximum Gasteiger partial charge on any atom is 0.162 e. The van der Waals surface area contributed by atoms with Crippen molar-refractivity contribution in [3.63, 3.8) is 0 Å². The molecule has 7 nitrogen and oxygen atoms in total. The SMILES string of the molecule is O=C(Cc1nocc1C(=Nc1ccc(F)c(Br)c1)NO)CC1CCNCC1. The summed E-state index contributed by atoms with van der Waals surface area (Å²) in [5.74, 6) is 0.106. The molecular formula is C18H20BrFN4O3. The Balaban J connectivity index is 1.74. The quantitative estimate of drug-likeness (QED) is 0.364. The number of hydrogen-bond acceptors (Lipinski definition) is 6. The van der Waals surface area contributed by atoms with Crippen molar-refractivity contribution in [3.05, 3.63) is 46.0 Å². The minimum atomic E-state index is -0.415. The predicted molar refractivity (Wildman–Crippen MR) is 101 cm³/mol. The fourth-order valence-corrected chi connectivity index (χ4v) is 3.44. The Morgan fingerprint density at radius 3 is 2.93 bits per heavy atom. The zero-order chi connectivity index (χ0) is 19.2. The Labute approximate surface area is 164 Å².